The molecule has 2 heteroatoms. The molecule has 0 atom stereocenters. The second-order valence-corrected chi connectivity index (χ2v) is 17.3. The monoisotopic (exact) mass is 721 g/mol. The van der Waals surface area contributed by atoms with Crippen molar-refractivity contribution in [3.63, 3.8) is 0 Å². The van der Waals surface area contributed by atoms with Crippen LogP contribution in [0, 0.1) is 0 Å². The molecule has 7 aromatic carbocycles. The van der Waals surface area contributed by atoms with Crippen LogP contribution in [0.2, 0.25) is 0 Å². The summed E-state index contributed by atoms with van der Waals surface area (Å²) in [5, 5.41) is 2.52. The predicted octanol–water partition coefficient (Wildman–Crippen LogP) is 14.0. The average Bonchev–Trinajstić information content (AvgIpc) is 3.49. The lowest BCUT2D eigenvalue weighted by Gasteiger charge is -2.43. The largest absolute Gasteiger partial charge is 0.310 e. The van der Waals surface area contributed by atoms with Gasteiger partial charge < -0.3 is 4.90 Å². The maximum absolute atomic E-state index is 3.72. The molecular formula is C49H40BrN. The van der Waals surface area contributed by atoms with Gasteiger partial charge in [-0.2, -0.15) is 0 Å². The van der Waals surface area contributed by atoms with E-state index in [4.69, 9.17) is 0 Å². The Morgan fingerprint density at radius 2 is 0.941 bits per heavy atom. The molecule has 0 amide bonds. The molecule has 0 radical (unpaired) electrons. The second-order valence-electron chi connectivity index (χ2n) is 16.4. The van der Waals surface area contributed by atoms with Crippen LogP contribution in [0.4, 0.5) is 17.1 Å². The van der Waals surface area contributed by atoms with Crippen LogP contribution in [0.25, 0.3) is 44.2 Å². The Balaban J connectivity index is 1.12. The summed E-state index contributed by atoms with van der Waals surface area (Å²) in [6.07, 6.45) is 0. The Labute approximate surface area is 309 Å². The highest BCUT2D eigenvalue weighted by Gasteiger charge is 2.43. The maximum atomic E-state index is 3.72. The van der Waals surface area contributed by atoms with Gasteiger partial charge in [-0.15, -0.1) is 0 Å². The lowest BCUT2D eigenvalue weighted by Crippen LogP contribution is -2.31. The predicted molar refractivity (Wildman–Crippen MR) is 219 cm³/mol. The molecule has 0 unspecified atom stereocenters. The smallest absolute Gasteiger partial charge is 0.0506 e. The van der Waals surface area contributed by atoms with Crippen LogP contribution >= 0.6 is 15.9 Å². The van der Waals surface area contributed by atoms with Gasteiger partial charge in [0.2, 0.25) is 0 Å². The van der Waals surface area contributed by atoms with Gasteiger partial charge in [-0.25, -0.2) is 0 Å². The Morgan fingerprint density at radius 3 is 1.65 bits per heavy atom. The summed E-state index contributed by atoms with van der Waals surface area (Å²) in [7, 11) is 0. The van der Waals surface area contributed by atoms with Crippen LogP contribution in [-0.2, 0) is 16.2 Å². The summed E-state index contributed by atoms with van der Waals surface area (Å²) in [5.41, 5.74) is 19.6. The summed E-state index contributed by atoms with van der Waals surface area (Å²) in [5.74, 6) is 0. The van der Waals surface area contributed by atoms with Gasteiger partial charge in [-0.05, 0) is 132 Å². The molecule has 1 heterocycles. The molecule has 0 saturated heterocycles. The van der Waals surface area contributed by atoms with Crippen LogP contribution in [0.15, 0.2) is 138 Å². The van der Waals surface area contributed by atoms with E-state index in [1.165, 1.54) is 94.6 Å². The zero-order chi connectivity index (χ0) is 35.0. The first-order chi connectivity index (χ1) is 24.4. The molecule has 1 nitrogen and oxygen atoms in total. The molecule has 0 N–H and O–H groups in total. The van der Waals surface area contributed by atoms with E-state index >= 15 is 0 Å². The fourth-order valence-corrected chi connectivity index (χ4v) is 9.95. The van der Waals surface area contributed by atoms with Crippen molar-refractivity contribution >= 4 is 43.8 Å². The quantitative estimate of drug-likeness (QED) is 0.172. The minimum atomic E-state index is -0.162. The van der Waals surface area contributed by atoms with E-state index in [-0.39, 0.29) is 16.2 Å². The number of hydrogen-bond donors (Lipinski definition) is 0. The first-order valence-electron chi connectivity index (χ1n) is 18.1. The van der Waals surface area contributed by atoms with Crippen molar-refractivity contribution in [1.29, 1.82) is 0 Å². The Bertz CT molecular complexity index is 2640. The topological polar surface area (TPSA) is 3.24 Å². The van der Waals surface area contributed by atoms with Gasteiger partial charge in [0.15, 0.2) is 0 Å². The molecule has 0 fully saturated rings. The van der Waals surface area contributed by atoms with Crippen molar-refractivity contribution in [2.75, 3.05) is 4.90 Å². The Hall–Kier alpha value is -4.92. The molecule has 0 spiro atoms. The normalized spacial score (nSPS) is 16.6. The molecular weight excluding hydrogens is 682 g/mol. The third-order valence-corrected chi connectivity index (χ3v) is 13.0. The number of benzene rings is 7. The summed E-state index contributed by atoms with van der Waals surface area (Å²) in [6, 6.07) is 50.6. The van der Waals surface area contributed by atoms with Crippen LogP contribution < -0.4 is 4.90 Å². The summed E-state index contributed by atoms with van der Waals surface area (Å²) in [4.78, 5) is 2.51. The van der Waals surface area contributed by atoms with Crippen LogP contribution in [-0.4, -0.2) is 0 Å². The average molecular weight is 723 g/mol. The molecule has 1 aliphatic heterocycles. The molecule has 0 aromatic heterocycles. The van der Waals surface area contributed by atoms with Gasteiger partial charge in [0.1, 0.15) is 0 Å². The van der Waals surface area contributed by atoms with Crippen molar-refractivity contribution in [1.82, 2.24) is 0 Å². The highest BCUT2D eigenvalue weighted by molar-refractivity contribution is 9.10. The van der Waals surface area contributed by atoms with Gasteiger partial charge in [0, 0.05) is 26.4 Å². The Kier molecular flexibility index (Phi) is 6.25. The highest BCUT2D eigenvalue weighted by atomic mass is 79.9. The molecule has 0 saturated carbocycles. The van der Waals surface area contributed by atoms with Crippen molar-refractivity contribution in [2.45, 2.75) is 57.8 Å². The number of fused-ring (bicyclic) bond motifs is 9. The van der Waals surface area contributed by atoms with Gasteiger partial charge in [0.05, 0.1) is 11.4 Å². The van der Waals surface area contributed by atoms with E-state index < -0.39 is 0 Å². The Morgan fingerprint density at radius 1 is 0.392 bits per heavy atom. The third-order valence-electron chi connectivity index (χ3n) is 12.5. The van der Waals surface area contributed by atoms with Crippen LogP contribution in [0.3, 0.4) is 0 Å². The molecule has 7 aromatic rings. The SMILES string of the molecule is CC1(C)c2cc(Br)ccc2-c2ccc(-c3ccc4c(c3)C(C)(C)c3cc5c(cc3-4)C(C)(C)c3ccccc3N5c3ccc4ccccc4c3)cc21. The van der Waals surface area contributed by atoms with Crippen molar-refractivity contribution in [3.8, 4) is 33.4 Å². The van der Waals surface area contributed by atoms with Crippen LogP contribution in [0.5, 0.6) is 0 Å². The molecule has 0 bridgehead atoms. The zero-order valence-corrected chi connectivity index (χ0v) is 31.6. The number of halogens is 1. The fraction of sp³-hybridized carbons (Fsp3) is 0.184. The first-order valence-corrected chi connectivity index (χ1v) is 18.9. The maximum Gasteiger partial charge on any atom is 0.0506 e. The van der Waals surface area contributed by atoms with E-state index in [0.29, 0.717) is 0 Å². The van der Waals surface area contributed by atoms with Crippen LogP contribution in [0.1, 0.15) is 74.9 Å². The summed E-state index contributed by atoms with van der Waals surface area (Å²) in [6.45, 7) is 14.3. The minimum Gasteiger partial charge on any atom is -0.310 e. The molecule has 3 aliphatic rings. The molecule has 10 rings (SSSR count). The van der Waals surface area contributed by atoms with E-state index in [9.17, 15) is 0 Å². The van der Waals surface area contributed by atoms with Crippen molar-refractivity contribution < 1.29 is 0 Å². The second kappa shape index (κ2) is 10.3. The van der Waals surface area contributed by atoms with Gasteiger partial charge in [0.25, 0.3) is 0 Å². The van der Waals surface area contributed by atoms with Crippen molar-refractivity contribution in [2.24, 2.45) is 0 Å². The van der Waals surface area contributed by atoms with E-state index in [0.717, 1.165) is 4.47 Å². The number of rotatable bonds is 2. The van der Waals surface area contributed by atoms with E-state index in [2.05, 4.69) is 196 Å². The highest BCUT2D eigenvalue weighted by Crippen LogP contribution is 2.58. The first kappa shape index (κ1) is 30.9. The zero-order valence-electron chi connectivity index (χ0n) is 30.0. The lowest BCUT2D eigenvalue weighted by molar-refractivity contribution is 0.627. The summed E-state index contributed by atoms with van der Waals surface area (Å²) >= 11 is 3.72. The van der Waals surface area contributed by atoms with Gasteiger partial charge in [-0.1, -0.05) is 136 Å². The molecule has 51 heavy (non-hydrogen) atoms. The number of para-hydroxylation sites is 1. The number of anilines is 3. The van der Waals surface area contributed by atoms with E-state index in [1.54, 1.807) is 0 Å². The molecule has 248 valence electrons. The summed E-state index contributed by atoms with van der Waals surface area (Å²) < 4.78 is 1.14. The number of hydrogen-bond acceptors (Lipinski definition) is 1. The van der Waals surface area contributed by atoms with Gasteiger partial charge >= 0.3 is 0 Å². The standard InChI is InChI=1S/C49H40BrN/c1-47(2)39-13-9-10-14-45(39)51(34-19-15-29-11-7-8-12-30(29)23-34)46-28-43-38(27-44(46)47)37-21-17-32(25-41(37)49(43,5)6)31-16-20-35-36-22-18-33(50)26-42(36)48(3,4)40(35)24-31/h7-28H,1-6H3. The molecule has 2 aliphatic carbocycles. The number of nitrogens with zero attached hydrogens (tertiary/aromatic N) is 1. The van der Waals surface area contributed by atoms with E-state index in [1.807, 2.05) is 0 Å². The van der Waals surface area contributed by atoms with Crippen molar-refractivity contribution in [3.05, 3.63) is 171 Å². The lowest BCUT2D eigenvalue weighted by atomic mass is 9.71. The third kappa shape index (κ3) is 4.20. The fourth-order valence-electron chi connectivity index (χ4n) is 9.59. The minimum absolute atomic E-state index is 0.0585. The van der Waals surface area contributed by atoms with Gasteiger partial charge in [-0.3, -0.25) is 0 Å².